The molecule has 2 aromatic rings. The lowest BCUT2D eigenvalue weighted by Gasteiger charge is -2.27. The summed E-state index contributed by atoms with van der Waals surface area (Å²) < 4.78 is 29.6. The number of sulfone groups is 1. The van der Waals surface area contributed by atoms with Gasteiger partial charge < -0.3 is 9.32 Å². The van der Waals surface area contributed by atoms with Gasteiger partial charge in [0.2, 0.25) is 5.91 Å². The summed E-state index contributed by atoms with van der Waals surface area (Å²) in [5, 5.41) is 1.06. The first-order valence-corrected chi connectivity index (χ1v) is 11.4. The molecule has 1 atom stereocenters. The van der Waals surface area contributed by atoms with E-state index >= 15 is 0 Å². The van der Waals surface area contributed by atoms with Crippen molar-refractivity contribution in [2.75, 3.05) is 11.5 Å². The predicted octanol–water partition coefficient (Wildman–Crippen LogP) is 4.57. The van der Waals surface area contributed by atoms with Crippen LogP contribution in [0, 0.1) is 0 Å². The molecule has 27 heavy (non-hydrogen) atoms. The summed E-state index contributed by atoms with van der Waals surface area (Å²) in [7, 11) is -3.09. The van der Waals surface area contributed by atoms with Crippen molar-refractivity contribution in [3.05, 3.63) is 46.1 Å². The van der Waals surface area contributed by atoms with Crippen LogP contribution in [0.2, 0.25) is 10.0 Å². The van der Waals surface area contributed by atoms with Crippen molar-refractivity contribution in [1.29, 1.82) is 0 Å². The Bertz CT molecular complexity index is 939. The van der Waals surface area contributed by atoms with Crippen molar-refractivity contribution in [2.45, 2.75) is 38.8 Å². The monoisotopic (exact) mass is 429 g/mol. The van der Waals surface area contributed by atoms with E-state index in [4.69, 9.17) is 27.6 Å². The molecule has 1 aromatic carbocycles. The molecule has 1 aromatic heterocycles. The largest absolute Gasteiger partial charge is 0.459 e. The fourth-order valence-corrected chi connectivity index (χ4v) is 5.37. The van der Waals surface area contributed by atoms with Crippen molar-refractivity contribution >= 4 is 38.9 Å². The van der Waals surface area contributed by atoms with Gasteiger partial charge in [0.25, 0.3) is 0 Å². The van der Waals surface area contributed by atoms with Gasteiger partial charge in [0.15, 0.2) is 9.84 Å². The van der Waals surface area contributed by atoms with E-state index < -0.39 is 9.84 Å². The van der Waals surface area contributed by atoms with Crippen LogP contribution >= 0.6 is 23.2 Å². The molecule has 1 aliphatic rings. The lowest BCUT2D eigenvalue weighted by Crippen LogP contribution is -2.40. The van der Waals surface area contributed by atoms with Gasteiger partial charge >= 0.3 is 0 Å². The van der Waals surface area contributed by atoms with Gasteiger partial charge in [-0.3, -0.25) is 4.79 Å². The van der Waals surface area contributed by atoms with Crippen molar-refractivity contribution in [2.24, 2.45) is 0 Å². The molecule has 1 saturated heterocycles. The maximum Gasteiger partial charge on any atom is 0.223 e. The third kappa shape index (κ3) is 4.86. The zero-order valence-corrected chi connectivity index (χ0v) is 17.3. The first-order valence-electron chi connectivity index (χ1n) is 8.83. The minimum Gasteiger partial charge on any atom is -0.459 e. The number of carbonyl (C=O) groups is 1. The average Bonchev–Trinajstić information content (AvgIpc) is 3.21. The highest BCUT2D eigenvalue weighted by Gasteiger charge is 2.34. The molecule has 0 radical (unpaired) electrons. The Kier molecular flexibility index (Phi) is 6.18. The number of hydrogen-bond donors (Lipinski definition) is 0. The number of hydrogen-bond acceptors (Lipinski definition) is 4. The Balaban J connectivity index is 1.83. The van der Waals surface area contributed by atoms with Gasteiger partial charge in [0, 0.05) is 23.0 Å². The number of amides is 1. The summed E-state index contributed by atoms with van der Waals surface area (Å²) in [5.41, 5.74) is 0.672. The van der Waals surface area contributed by atoms with Crippen LogP contribution < -0.4 is 0 Å². The third-order valence-electron chi connectivity index (χ3n) is 4.62. The second-order valence-corrected chi connectivity index (χ2v) is 9.79. The fraction of sp³-hybridized carbons (Fsp3) is 0.421. The zero-order valence-electron chi connectivity index (χ0n) is 15.0. The van der Waals surface area contributed by atoms with Gasteiger partial charge in [0.05, 0.1) is 23.1 Å². The normalized spacial score (nSPS) is 18.6. The molecule has 1 fully saturated rings. The standard InChI is InChI=1S/C19H21Cl2NO4S/c1-2-3-19(23)22(14-8-9-27(24,25)12-14)11-15-5-7-18(26-15)16-10-13(20)4-6-17(16)21/h4-7,10,14H,2-3,8-9,11-12H2,1H3/t14-/m0/s1. The van der Waals surface area contributed by atoms with E-state index in [1.165, 1.54) is 0 Å². The summed E-state index contributed by atoms with van der Waals surface area (Å²) in [6, 6.07) is 8.36. The molecule has 5 nitrogen and oxygen atoms in total. The SMILES string of the molecule is CCCC(=O)N(Cc1ccc(-c2cc(Cl)ccc2Cl)o1)[C@H]1CCS(=O)(=O)C1. The van der Waals surface area contributed by atoms with E-state index in [1.807, 2.05) is 6.92 Å². The van der Waals surface area contributed by atoms with Gasteiger partial charge in [-0.1, -0.05) is 30.1 Å². The van der Waals surface area contributed by atoms with Crippen molar-refractivity contribution in [1.82, 2.24) is 4.90 Å². The molecule has 0 saturated carbocycles. The van der Waals surface area contributed by atoms with E-state index in [0.29, 0.717) is 46.4 Å². The van der Waals surface area contributed by atoms with E-state index in [1.54, 1.807) is 35.2 Å². The third-order valence-corrected chi connectivity index (χ3v) is 6.93. The van der Waals surface area contributed by atoms with Gasteiger partial charge in [-0.15, -0.1) is 0 Å². The molecule has 0 unspecified atom stereocenters. The minimum atomic E-state index is -3.09. The van der Waals surface area contributed by atoms with Gasteiger partial charge in [-0.2, -0.15) is 0 Å². The lowest BCUT2D eigenvalue weighted by atomic mass is 10.1. The van der Waals surface area contributed by atoms with E-state index in [9.17, 15) is 13.2 Å². The molecule has 0 spiro atoms. The van der Waals surface area contributed by atoms with E-state index in [2.05, 4.69) is 0 Å². The highest BCUT2D eigenvalue weighted by Crippen LogP contribution is 2.32. The number of carbonyl (C=O) groups excluding carboxylic acids is 1. The number of halogens is 2. The zero-order chi connectivity index (χ0) is 19.6. The Morgan fingerprint density at radius 3 is 2.70 bits per heavy atom. The first-order chi connectivity index (χ1) is 12.8. The highest BCUT2D eigenvalue weighted by molar-refractivity contribution is 7.91. The molecule has 1 aliphatic heterocycles. The second kappa shape index (κ2) is 8.25. The molecule has 2 heterocycles. The Hall–Kier alpha value is -1.50. The topological polar surface area (TPSA) is 67.6 Å². The van der Waals surface area contributed by atoms with Crippen LogP contribution in [0.3, 0.4) is 0 Å². The fourth-order valence-electron chi connectivity index (χ4n) is 3.26. The van der Waals surface area contributed by atoms with Crippen LogP contribution in [0.5, 0.6) is 0 Å². The van der Waals surface area contributed by atoms with E-state index in [-0.39, 0.29) is 30.0 Å². The van der Waals surface area contributed by atoms with Gasteiger partial charge in [-0.05, 0) is 43.2 Å². The van der Waals surface area contributed by atoms with Crippen LogP contribution in [0.1, 0.15) is 31.9 Å². The van der Waals surface area contributed by atoms with Crippen molar-refractivity contribution < 1.29 is 17.6 Å². The van der Waals surface area contributed by atoms with Gasteiger partial charge in [0.1, 0.15) is 11.5 Å². The number of furan rings is 1. The van der Waals surface area contributed by atoms with Crippen LogP contribution in [-0.4, -0.2) is 36.8 Å². The maximum absolute atomic E-state index is 12.6. The summed E-state index contributed by atoms with van der Waals surface area (Å²) >= 11 is 12.3. The van der Waals surface area contributed by atoms with E-state index in [0.717, 1.165) is 0 Å². The van der Waals surface area contributed by atoms with Crippen LogP contribution in [0.25, 0.3) is 11.3 Å². The molecule has 1 amide bonds. The number of nitrogens with zero attached hydrogens (tertiary/aromatic N) is 1. The van der Waals surface area contributed by atoms with Crippen LogP contribution in [-0.2, 0) is 21.2 Å². The Morgan fingerprint density at radius 1 is 1.26 bits per heavy atom. The molecule has 8 heteroatoms. The molecule has 0 bridgehead atoms. The molecule has 0 aliphatic carbocycles. The summed E-state index contributed by atoms with van der Waals surface area (Å²) in [6.07, 6.45) is 1.55. The summed E-state index contributed by atoms with van der Waals surface area (Å²) in [4.78, 5) is 14.2. The van der Waals surface area contributed by atoms with Gasteiger partial charge in [-0.25, -0.2) is 8.42 Å². The molecule has 146 valence electrons. The second-order valence-electron chi connectivity index (χ2n) is 6.72. The Labute approximate surface area is 169 Å². The Morgan fingerprint density at radius 2 is 2.04 bits per heavy atom. The molecule has 3 rings (SSSR count). The summed E-state index contributed by atoms with van der Waals surface area (Å²) in [6.45, 7) is 2.16. The number of benzene rings is 1. The molecule has 0 N–H and O–H groups in total. The predicted molar refractivity (Wildman–Crippen MR) is 107 cm³/mol. The van der Waals surface area contributed by atoms with Crippen LogP contribution in [0.4, 0.5) is 0 Å². The van der Waals surface area contributed by atoms with Crippen molar-refractivity contribution in [3.63, 3.8) is 0 Å². The lowest BCUT2D eigenvalue weighted by molar-refractivity contribution is -0.134. The highest BCUT2D eigenvalue weighted by atomic mass is 35.5. The minimum absolute atomic E-state index is 0.0101. The van der Waals surface area contributed by atoms with Crippen LogP contribution in [0.15, 0.2) is 34.7 Å². The maximum atomic E-state index is 12.6. The number of rotatable bonds is 6. The summed E-state index contributed by atoms with van der Waals surface area (Å²) in [5.74, 6) is 1.21. The van der Waals surface area contributed by atoms with Crippen molar-refractivity contribution in [3.8, 4) is 11.3 Å². The first kappa shape index (κ1) is 20.2. The molecular formula is C19H21Cl2NO4S. The quantitative estimate of drug-likeness (QED) is 0.674. The smallest absolute Gasteiger partial charge is 0.223 e. The molecular weight excluding hydrogens is 409 g/mol. The average molecular weight is 430 g/mol.